The highest BCUT2D eigenvalue weighted by molar-refractivity contribution is 9.10. The van der Waals surface area contributed by atoms with Gasteiger partial charge >= 0.3 is 0 Å². The van der Waals surface area contributed by atoms with Crippen molar-refractivity contribution in [2.75, 3.05) is 6.54 Å². The number of halogens is 2. The first-order chi connectivity index (χ1) is 8.65. The minimum absolute atomic E-state index is 0.792. The molecule has 1 aliphatic rings. The monoisotopic (exact) mass is 329 g/mol. The van der Waals surface area contributed by atoms with Gasteiger partial charge in [-0.1, -0.05) is 37.4 Å². The molecule has 18 heavy (non-hydrogen) atoms. The Balaban J connectivity index is 1.76. The number of nitrogens with one attached hydrogen (secondary N) is 1. The predicted molar refractivity (Wildman–Crippen MR) is 82.0 cm³/mol. The van der Waals surface area contributed by atoms with Crippen molar-refractivity contribution in [3.05, 3.63) is 33.3 Å². The lowest BCUT2D eigenvalue weighted by Crippen LogP contribution is -2.26. The molecule has 0 bridgehead atoms. The molecule has 1 aromatic rings. The topological polar surface area (TPSA) is 12.0 Å². The van der Waals surface area contributed by atoms with Gasteiger partial charge in [0.1, 0.15) is 0 Å². The molecule has 0 spiro atoms. The summed E-state index contributed by atoms with van der Waals surface area (Å²) >= 11 is 9.50. The molecular formula is C15H21BrClN. The van der Waals surface area contributed by atoms with Gasteiger partial charge < -0.3 is 5.32 Å². The van der Waals surface area contributed by atoms with Gasteiger partial charge in [-0.15, -0.1) is 0 Å². The lowest BCUT2D eigenvalue weighted by molar-refractivity contribution is 0.274. The van der Waals surface area contributed by atoms with Crippen LogP contribution < -0.4 is 5.32 Å². The zero-order valence-electron chi connectivity index (χ0n) is 10.9. The average molecular weight is 331 g/mol. The van der Waals surface area contributed by atoms with Crippen LogP contribution in [0.2, 0.25) is 5.02 Å². The van der Waals surface area contributed by atoms with Crippen molar-refractivity contribution < 1.29 is 0 Å². The Hall–Kier alpha value is -0.0500. The summed E-state index contributed by atoms with van der Waals surface area (Å²) in [4.78, 5) is 0. The van der Waals surface area contributed by atoms with E-state index in [0.717, 1.165) is 34.4 Å². The molecule has 3 heteroatoms. The molecule has 2 unspecified atom stereocenters. The molecule has 0 amide bonds. The van der Waals surface area contributed by atoms with Gasteiger partial charge in [0, 0.05) is 11.0 Å². The Morgan fingerprint density at radius 2 is 2.22 bits per heavy atom. The molecule has 0 saturated heterocycles. The van der Waals surface area contributed by atoms with E-state index in [4.69, 9.17) is 11.6 Å². The van der Waals surface area contributed by atoms with Crippen LogP contribution in [-0.2, 0) is 6.54 Å². The van der Waals surface area contributed by atoms with Crippen molar-refractivity contribution in [1.29, 1.82) is 0 Å². The van der Waals surface area contributed by atoms with Gasteiger partial charge in [-0.2, -0.15) is 0 Å². The molecule has 1 saturated carbocycles. The molecule has 100 valence electrons. The molecule has 0 heterocycles. The zero-order chi connectivity index (χ0) is 13.0. The molecule has 2 rings (SSSR count). The van der Waals surface area contributed by atoms with Gasteiger partial charge in [0.15, 0.2) is 0 Å². The van der Waals surface area contributed by atoms with Crippen LogP contribution in [0.15, 0.2) is 22.7 Å². The van der Waals surface area contributed by atoms with Crippen LogP contribution in [0.3, 0.4) is 0 Å². The fraction of sp³-hybridized carbons (Fsp3) is 0.600. The lowest BCUT2D eigenvalue weighted by Gasteiger charge is -2.26. The van der Waals surface area contributed by atoms with Crippen LogP contribution >= 0.6 is 27.5 Å². The van der Waals surface area contributed by atoms with Gasteiger partial charge in [0.05, 0.1) is 5.02 Å². The summed E-state index contributed by atoms with van der Waals surface area (Å²) in [5.74, 6) is 1.77. The molecule has 1 aromatic carbocycles. The third-order valence-corrected chi connectivity index (χ3v) is 5.02. The van der Waals surface area contributed by atoms with Crippen molar-refractivity contribution in [2.24, 2.45) is 11.8 Å². The summed E-state index contributed by atoms with van der Waals surface area (Å²) in [6.07, 6.45) is 5.59. The van der Waals surface area contributed by atoms with E-state index in [9.17, 15) is 0 Å². The van der Waals surface area contributed by atoms with Gasteiger partial charge in [-0.25, -0.2) is 0 Å². The summed E-state index contributed by atoms with van der Waals surface area (Å²) < 4.78 is 0.967. The van der Waals surface area contributed by atoms with Gasteiger partial charge in [-0.3, -0.25) is 0 Å². The van der Waals surface area contributed by atoms with E-state index < -0.39 is 0 Å². The van der Waals surface area contributed by atoms with E-state index in [1.165, 1.54) is 31.2 Å². The Morgan fingerprint density at radius 1 is 1.39 bits per heavy atom. The second kappa shape index (κ2) is 6.93. The van der Waals surface area contributed by atoms with E-state index in [1.54, 1.807) is 0 Å². The minimum atomic E-state index is 0.792. The Bertz CT molecular complexity index is 394. The third-order valence-electron chi connectivity index (χ3n) is 3.79. The lowest BCUT2D eigenvalue weighted by atomic mass is 9.82. The van der Waals surface area contributed by atoms with Crippen LogP contribution in [-0.4, -0.2) is 6.54 Å². The summed E-state index contributed by atoms with van der Waals surface area (Å²) in [5, 5.41) is 4.36. The van der Waals surface area contributed by atoms with Crippen LogP contribution in [0.5, 0.6) is 0 Å². The van der Waals surface area contributed by atoms with Gasteiger partial charge in [0.25, 0.3) is 0 Å². The van der Waals surface area contributed by atoms with Gasteiger partial charge in [0.2, 0.25) is 0 Å². The fourth-order valence-electron chi connectivity index (χ4n) is 2.82. The van der Waals surface area contributed by atoms with Gasteiger partial charge in [-0.05, 0) is 64.8 Å². The first-order valence-corrected chi connectivity index (χ1v) is 7.97. The fourth-order valence-corrected chi connectivity index (χ4v) is 3.27. The molecule has 1 N–H and O–H groups in total. The number of benzene rings is 1. The largest absolute Gasteiger partial charge is 0.312 e. The molecule has 0 radical (unpaired) electrons. The van der Waals surface area contributed by atoms with E-state index in [2.05, 4.69) is 34.2 Å². The Kier molecular flexibility index (Phi) is 5.53. The molecule has 2 atom stereocenters. The highest BCUT2D eigenvalue weighted by Crippen LogP contribution is 2.28. The molecule has 0 aliphatic heterocycles. The summed E-state index contributed by atoms with van der Waals surface area (Å²) in [6.45, 7) is 4.43. The third kappa shape index (κ3) is 4.25. The molecule has 1 fully saturated rings. The van der Waals surface area contributed by atoms with E-state index in [0.29, 0.717) is 0 Å². The maximum atomic E-state index is 6.09. The molecule has 1 nitrogen and oxygen atoms in total. The zero-order valence-corrected chi connectivity index (χ0v) is 13.2. The molecular weight excluding hydrogens is 310 g/mol. The second-order valence-corrected chi connectivity index (χ2v) is 6.78. The van der Waals surface area contributed by atoms with Crippen LogP contribution in [0.4, 0.5) is 0 Å². The smallest absolute Gasteiger partial charge is 0.0551 e. The average Bonchev–Trinajstić information content (AvgIpc) is 2.34. The maximum Gasteiger partial charge on any atom is 0.0551 e. The summed E-state index contributed by atoms with van der Waals surface area (Å²) in [6, 6.07) is 6.16. The van der Waals surface area contributed by atoms with Crippen molar-refractivity contribution in [3.8, 4) is 0 Å². The van der Waals surface area contributed by atoms with E-state index >= 15 is 0 Å². The SMILES string of the molecule is CC1CCCC(CNCc2ccc(Br)c(Cl)c2)C1. The van der Waals surface area contributed by atoms with E-state index in [1.807, 2.05) is 12.1 Å². The molecule has 1 aliphatic carbocycles. The van der Waals surface area contributed by atoms with Crippen molar-refractivity contribution >= 4 is 27.5 Å². The predicted octanol–water partition coefficient (Wildman–Crippen LogP) is 5.02. The minimum Gasteiger partial charge on any atom is -0.312 e. The van der Waals surface area contributed by atoms with Crippen LogP contribution in [0.25, 0.3) is 0 Å². The normalized spacial score (nSPS) is 24.2. The Morgan fingerprint density at radius 3 is 2.94 bits per heavy atom. The first kappa shape index (κ1) is 14.4. The van der Waals surface area contributed by atoms with Crippen LogP contribution in [0, 0.1) is 11.8 Å². The van der Waals surface area contributed by atoms with Crippen LogP contribution in [0.1, 0.15) is 38.2 Å². The highest BCUT2D eigenvalue weighted by atomic mass is 79.9. The van der Waals surface area contributed by atoms with E-state index in [-0.39, 0.29) is 0 Å². The van der Waals surface area contributed by atoms with Crippen molar-refractivity contribution in [2.45, 2.75) is 39.2 Å². The maximum absolute atomic E-state index is 6.09. The summed E-state index contributed by atoms with van der Waals surface area (Å²) in [7, 11) is 0. The highest BCUT2D eigenvalue weighted by Gasteiger charge is 2.18. The number of hydrogen-bond donors (Lipinski definition) is 1. The standard InChI is InChI=1S/C15H21BrClN/c1-11-3-2-4-12(7-11)9-18-10-13-5-6-14(16)15(17)8-13/h5-6,8,11-12,18H,2-4,7,9-10H2,1H3. The molecule has 0 aromatic heterocycles. The summed E-state index contributed by atoms with van der Waals surface area (Å²) in [5.41, 5.74) is 1.26. The number of rotatable bonds is 4. The second-order valence-electron chi connectivity index (χ2n) is 5.52. The van der Waals surface area contributed by atoms with Crippen molar-refractivity contribution in [3.63, 3.8) is 0 Å². The quantitative estimate of drug-likeness (QED) is 0.817. The first-order valence-electron chi connectivity index (χ1n) is 6.80. The number of hydrogen-bond acceptors (Lipinski definition) is 1. The Labute approximate surface area is 123 Å². The van der Waals surface area contributed by atoms with Crippen molar-refractivity contribution in [1.82, 2.24) is 5.32 Å².